The van der Waals surface area contributed by atoms with Crippen LogP contribution in [0.5, 0.6) is 5.75 Å². The molecule has 0 spiro atoms. The molecule has 1 atom stereocenters. The van der Waals surface area contributed by atoms with Crippen LogP contribution in [0.4, 0.5) is 0 Å². The quantitative estimate of drug-likeness (QED) is 0.860. The molecule has 0 radical (unpaired) electrons. The summed E-state index contributed by atoms with van der Waals surface area (Å²) >= 11 is 0. The molecule has 3 heteroatoms. The summed E-state index contributed by atoms with van der Waals surface area (Å²) in [5.41, 5.74) is 2.43. The Bertz CT molecular complexity index is 499. The minimum absolute atomic E-state index is 0.290. The number of ether oxygens (including phenoxy) is 1. The van der Waals surface area contributed by atoms with Gasteiger partial charge in [0.2, 0.25) is 0 Å². The molecule has 100 valence electrons. The lowest BCUT2D eigenvalue weighted by atomic mass is 10.1. The monoisotopic (exact) mass is 256 g/mol. The van der Waals surface area contributed by atoms with E-state index in [2.05, 4.69) is 23.3 Å². The Balaban J connectivity index is 1.99. The number of pyridine rings is 1. The second kappa shape index (κ2) is 6.90. The normalized spacial score (nSPS) is 12.1. The molecule has 1 unspecified atom stereocenters. The van der Waals surface area contributed by atoms with Crippen molar-refractivity contribution in [1.29, 1.82) is 0 Å². The number of rotatable bonds is 6. The zero-order chi connectivity index (χ0) is 13.5. The van der Waals surface area contributed by atoms with Crippen molar-refractivity contribution in [2.24, 2.45) is 0 Å². The van der Waals surface area contributed by atoms with E-state index < -0.39 is 0 Å². The first kappa shape index (κ1) is 13.6. The number of nitrogens with zero attached hydrogens (tertiary/aromatic N) is 1. The molecule has 19 heavy (non-hydrogen) atoms. The topological polar surface area (TPSA) is 34.1 Å². The number of benzene rings is 1. The molecule has 2 rings (SSSR count). The lowest BCUT2D eigenvalue weighted by Gasteiger charge is -2.16. The third kappa shape index (κ3) is 3.80. The van der Waals surface area contributed by atoms with Crippen LogP contribution in [0.2, 0.25) is 0 Å². The molecule has 3 nitrogen and oxygen atoms in total. The van der Waals surface area contributed by atoms with E-state index in [1.54, 1.807) is 0 Å². The van der Waals surface area contributed by atoms with E-state index in [1.807, 2.05) is 49.6 Å². The van der Waals surface area contributed by atoms with Crippen molar-refractivity contribution in [1.82, 2.24) is 10.3 Å². The highest BCUT2D eigenvalue weighted by molar-refractivity contribution is 5.33. The standard InChI is InChI=1S/C16H20N2O/c1-3-19-16-7-5-4-6-15(16)12-18-13(2)14-8-10-17-11-9-14/h4-11,13,18H,3,12H2,1-2H3. The van der Waals surface area contributed by atoms with Crippen LogP contribution in [0.25, 0.3) is 0 Å². The average Bonchev–Trinajstić information content (AvgIpc) is 2.47. The molecule has 0 aliphatic carbocycles. The van der Waals surface area contributed by atoms with Crippen molar-refractivity contribution >= 4 is 0 Å². The fourth-order valence-corrected chi connectivity index (χ4v) is 1.98. The fourth-order valence-electron chi connectivity index (χ4n) is 1.98. The van der Waals surface area contributed by atoms with Crippen LogP contribution in [-0.4, -0.2) is 11.6 Å². The van der Waals surface area contributed by atoms with E-state index >= 15 is 0 Å². The van der Waals surface area contributed by atoms with E-state index in [4.69, 9.17) is 4.74 Å². The van der Waals surface area contributed by atoms with Crippen LogP contribution in [0.3, 0.4) is 0 Å². The highest BCUT2D eigenvalue weighted by Crippen LogP contribution is 2.19. The molecular weight excluding hydrogens is 236 g/mol. The minimum Gasteiger partial charge on any atom is -0.494 e. The van der Waals surface area contributed by atoms with Crippen LogP contribution in [0, 0.1) is 0 Å². The molecule has 0 aliphatic heterocycles. The van der Waals surface area contributed by atoms with Gasteiger partial charge in [-0.1, -0.05) is 18.2 Å². The first-order valence-electron chi connectivity index (χ1n) is 6.65. The third-order valence-corrected chi connectivity index (χ3v) is 3.08. The Morgan fingerprint density at radius 2 is 1.89 bits per heavy atom. The van der Waals surface area contributed by atoms with Gasteiger partial charge in [0.15, 0.2) is 0 Å². The van der Waals surface area contributed by atoms with Gasteiger partial charge in [0.25, 0.3) is 0 Å². The highest BCUT2D eigenvalue weighted by Gasteiger charge is 2.06. The minimum atomic E-state index is 0.290. The summed E-state index contributed by atoms with van der Waals surface area (Å²) in [4.78, 5) is 4.04. The molecule has 1 aromatic carbocycles. The maximum absolute atomic E-state index is 5.62. The van der Waals surface area contributed by atoms with Gasteiger partial charge in [0, 0.05) is 30.5 Å². The summed E-state index contributed by atoms with van der Waals surface area (Å²) in [6.07, 6.45) is 3.64. The maximum Gasteiger partial charge on any atom is 0.123 e. The number of nitrogens with one attached hydrogen (secondary N) is 1. The van der Waals surface area contributed by atoms with Gasteiger partial charge in [-0.05, 0) is 37.6 Å². The summed E-state index contributed by atoms with van der Waals surface area (Å²) in [6, 6.07) is 12.5. The SMILES string of the molecule is CCOc1ccccc1CNC(C)c1ccncc1. The molecular formula is C16H20N2O. The maximum atomic E-state index is 5.62. The Morgan fingerprint density at radius 1 is 1.16 bits per heavy atom. The summed E-state index contributed by atoms with van der Waals surface area (Å²) in [6.45, 7) is 5.64. The van der Waals surface area contributed by atoms with Crippen LogP contribution in [0.15, 0.2) is 48.8 Å². The second-order valence-corrected chi connectivity index (χ2v) is 4.42. The Labute approximate surface area is 114 Å². The van der Waals surface area contributed by atoms with Crippen LogP contribution in [0.1, 0.15) is 31.0 Å². The van der Waals surface area contributed by atoms with Crippen molar-refractivity contribution in [3.63, 3.8) is 0 Å². The molecule has 2 aromatic rings. The lowest BCUT2D eigenvalue weighted by Crippen LogP contribution is -2.18. The van der Waals surface area contributed by atoms with Gasteiger partial charge in [0.1, 0.15) is 5.75 Å². The predicted molar refractivity (Wildman–Crippen MR) is 77.1 cm³/mol. The van der Waals surface area contributed by atoms with Gasteiger partial charge in [-0.2, -0.15) is 0 Å². The molecule has 0 saturated carbocycles. The first-order valence-corrected chi connectivity index (χ1v) is 6.65. The van der Waals surface area contributed by atoms with E-state index in [0.29, 0.717) is 6.61 Å². The molecule has 1 heterocycles. The Hall–Kier alpha value is -1.87. The fraction of sp³-hybridized carbons (Fsp3) is 0.312. The van der Waals surface area contributed by atoms with E-state index in [9.17, 15) is 0 Å². The zero-order valence-corrected chi connectivity index (χ0v) is 11.5. The van der Waals surface area contributed by atoms with Crippen molar-refractivity contribution in [2.75, 3.05) is 6.61 Å². The van der Waals surface area contributed by atoms with Crippen molar-refractivity contribution in [3.05, 3.63) is 59.9 Å². The highest BCUT2D eigenvalue weighted by atomic mass is 16.5. The average molecular weight is 256 g/mol. The number of hydrogen-bond donors (Lipinski definition) is 1. The summed E-state index contributed by atoms with van der Waals surface area (Å²) in [7, 11) is 0. The summed E-state index contributed by atoms with van der Waals surface area (Å²) in [5.74, 6) is 0.958. The lowest BCUT2D eigenvalue weighted by molar-refractivity contribution is 0.335. The smallest absolute Gasteiger partial charge is 0.123 e. The van der Waals surface area contributed by atoms with Crippen LogP contribution in [-0.2, 0) is 6.54 Å². The van der Waals surface area contributed by atoms with E-state index in [-0.39, 0.29) is 6.04 Å². The molecule has 1 aromatic heterocycles. The first-order chi connectivity index (χ1) is 9.31. The van der Waals surface area contributed by atoms with E-state index in [0.717, 1.165) is 12.3 Å². The van der Waals surface area contributed by atoms with Gasteiger partial charge < -0.3 is 10.1 Å². The van der Waals surface area contributed by atoms with E-state index in [1.165, 1.54) is 11.1 Å². The van der Waals surface area contributed by atoms with Crippen LogP contribution >= 0.6 is 0 Å². The molecule has 0 bridgehead atoms. The van der Waals surface area contributed by atoms with Crippen LogP contribution < -0.4 is 10.1 Å². The molecule has 1 N–H and O–H groups in total. The molecule has 0 aliphatic rings. The number of para-hydroxylation sites is 1. The predicted octanol–water partition coefficient (Wildman–Crippen LogP) is 3.33. The van der Waals surface area contributed by atoms with Crippen molar-refractivity contribution in [2.45, 2.75) is 26.4 Å². The Kier molecular flexibility index (Phi) is 4.93. The zero-order valence-electron chi connectivity index (χ0n) is 11.5. The number of aromatic nitrogens is 1. The molecule has 0 saturated heterocycles. The largest absolute Gasteiger partial charge is 0.494 e. The Morgan fingerprint density at radius 3 is 2.63 bits per heavy atom. The van der Waals surface area contributed by atoms with Crippen molar-refractivity contribution < 1.29 is 4.74 Å². The van der Waals surface area contributed by atoms with Crippen molar-refractivity contribution in [3.8, 4) is 5.75 Å². The van der Waals surface area contributed by atoms with Gasteiger partial charge in [-0.25, -0.2) is 0 Å². The van der Waals surface area contributed by atoms with Gasteiger partial charge >= 0.3 is 0 Å². The summed E-state index contributed by atoms with van der Waals surface area (Å²) < 4.78 is 5.62. The third-order valence-electron chi connectivity index (χ3n) is 3.08. The molecule has 0 amide bonds. The number of hydrogen-bond acceptors (Lipinski definition) is 3. The van der Waals surface area contributed by atoms with Gasteiger partial charge in [-0.15, -0.1) is 0 Å². The molecule has 0 fully saturated rings. The van der Waals surface area contributed by atoms with Gasteiger partial charge in [-0.3, -0.25) is 4.98 Å². The second-order valence-electron chi connectivity index (χ2n) is 4.42. The summed E-state index contributed by atoms with van der Waals surface area (Å²) in [5, 5.41) is 3.51. The van der Waals surface area contributed by atoms with Gasteiger partial charge in [0.05, 0.1) is 6.61 Å².